The first-order valence-corrected chi connectivity index (χ1v) is 9.42. The fourth-order valence-corrected chi connectivity index (χ4v) is 3.94. The first-order chi connectivity index (χ1) is 13.7. The molecular formula is C21H23F2N3O2. The molecule has 3 heterocycles. The van der Waals surface area contributed by atoms with Crippen LogP contribution >= 0.6 is 0 Å². The molecule has 0 saturated carbocycles. The summed E-state index contributed by atoms with van der Waals surface area (Å²) in [5, 5.41) is 7.06. The average molecular weight is 387 g/mol. The van der Waals surface area contributed by atoms with Gasteiger partial charge in [0.25, 0.3) is 0 Å². The third kappa shape index (κ3) is 3.86. The normalized spacial score (nSPS) is 17.9. The number of methoxy groups -OCH3 is 1. The summed E-state index contributed by atoms with van der Waals surface area (Å²) < 4.78 is 39.4. The Morgan fingerprint density at radius 2 is 2.00 bits per heavy atom. The van der Waals surface area contributed by atoms with E-state index in [1.165, 1.54) is 24.4 Å². The van der Waals surface area contributed by atoms with Crippen LogP contribution in [0, 0.1) is 11.6 Å². The summed E-state index contributed by atoms with van der Waals surface area (Å²) in [6.07, 6.45) is 3.45. The van der Waals surface area contributed by atoms with Crippen LogP contribution in [0.25, 0.3) is 11.1 Å². The fourth-order valence-electron chi connectivity index (χ4n) is 3.94. The highest BCUT2D eigenvalue weighted by atomic mass is 19.1. The highest BCUT2D eigenvalue weighted by Crippen LogP contribution is 2.35. The third-order valence-corrected chi connectivity index (χ3v) is 5.20. The molecule has 1 N–H and O–H groups in total. The molecule has 1 saturated heterocycles. The lowest BCUT2D eigenvalue weighted by Crippen LogP contribution is -2.34. The van der Waals surface area contributed by atoms with E-state index in [2.05, 4.69) is 15.1 Å². The number of hydrogen-bond donors (Lipinski definition) is 1. The Labute approximate surface area is 162 Å². The topological polar surface area (TPSA) is 54.3 Å². The molecule has 7 heteroatoms. The molecule has 3 aromatic rings. The van der Waals surface area contributed by atoms with E-state index < -0.39 is 11.6 Å². The van der Waals surface area contributed by atoms with Crippen molar-refractivity contribution < 1.29 is 17.9 Å². The lowest BCUT2D eigenvalue weighted by Gasteiger charge is -2.32. The zero-order chi connectivity index (χ0) is 19.5. The van der Waals surface area contributed by atoms with Crippen molar-refractivity contribution in [1.29, 1.82) is 0 Å². The van der Waals surface area contributed by atoms with E-state index in [9.17, 15) is 8.78 Å². The highest BCUT2D eigenvalue weighted by Gasteiger charge is 2.27. The van der Waals surface area contributed by atoms with E-state index in [0.717, 1.165) is 43.1 Å². The van der Waals surface area contributed by atoms with Gasteiger partial charge in [-0.05, 0) is 43.7 Å². The Balaban J connectivity index is 1.52. The standard InChI is InChI=1S/C21H23F2N3O2/c1-27-13-16-8-7-15(28-16)12-26-9-3-4-14(11-26)21-17(10-24-25-21)20-18(22)5-2-6-19(20)23/h2,5-8,10,14H,3-4,9,11-13H2,1H3,(H,24,25). The smallest absolute Gasteiger partial charge is 0.134 e. The molecule has 1 unspecified atom stereocenters. The van der Waals surface area contributed by atoms with E-state index in [-0.39, 0.29) is 11.5 Å². The second-order valence-corrected chi connectivity index (χ2v) is 7.17. The summed E-state index contributed by atoms with van der Waals surface area (Å²) in [5.41, 5.74) is 1.27. The molecule has 1 aliphatic rings. The minimum Gasteiger partial charge on any atom is -0.462 e. The van der Waals surface area contributed by atoms with Crippen LogP contribution in [0.4, 0.5) is 8.78 Å². The Hall–Kier alpha value is -2.51. The molecule has 1 aliphatic heterocycles. The van der Waals surface area contributed by atoms with Crippen molar-refractivity contribution in [2.24, 2.45) is 0 Å². The maximum Gasteiger partial charge on any atom is 0.134 e. The van der Waals surface area contributed by atoms with Crippen LogP contribution in [0.2, 0.25) is 0 Å². The number of nitrogens with zero attached hydrogens (tertiary/aromatic N) is 2. The van der Waals surface area contributed by atoms with Crippen LogP contribution < -0.4 is 0 Å². The van der Waals surface area contributed by atoms with Gasteiger partial charge in [-0.3, -0.25) is 10.00 Å². The Bertz CT molecular complexity index is 917. The number of likely N-dealkylation sites (tertiary alicyclic amines) is 1. The van der Waals surface area contributed by atoms with Crippen LogP contribution in [-0.2, 0) is 17.9 Å². The van der Waals surface area contributed by atoms with Crippen molar-refractivity contribution >= 4 is 0 Å². The molecule has 2 aromatic heterocycles. The Morgan fingerprint density at radius 3 is 2.79 bits per heavy atom. The van der Waals surface area contributed by atoms with E-state index in [4.69, 9.17) is 9.15 Å². The lowest BCUT2D eigenvalue weighted by atomic mass is 9.90. The van der Waals surface area contributed by atoms with Gasteiger partial charge < -0.3 is 9.15 Å². The van der Waals surface area contributed by atoms with Crippen molar-refractivity contribution in [3.63, 3.8) is 0 Å². The predicted octanol–water partition coefficient (Wildman–Crippen LogP) is 4.47. The zero-order valence-corrected chi connectivity index (χ0v) is 15.8. The van der Waals surface area contributed by atoms with Crippen molar-refractivity contribution in [3.8, 4) is 11.1 Å². The summed E-state index contributed by atoms with van der Waals surface area (Å²) in [5.74, 6) is 0.668. The van der Waals surface area contributed by atoms with Gasteiger partial charge in [-0.25, -0.2) is 8.78 Å². The van der Waals surface area contributed by atoms with Crippen LogP contribution in [0.15, 0.2) is 40.9 Å². The number of rotatable bonds is 6. The molecule has 0 spiro atoms. The quantitative estimate of drug-likeness (QED) is 0.678. The van der Waals surface area contributed by atoms with Crippen molar-refractivity contribution in [2.75, 3.05) is 20.2 Å². The van der Waals surface area contributed by atoms with Crippen LogP contribution in [-0.4, -0.2) is 35.3 Å². The van der Waals surface area contributed by atoms with E-state index in [1.807, 2.05) is 12.1 Å². The molecule has 1 fully saturated rings. The van der Waals surface area contributed by atoms with Crippen molar-refractivity contribution in [2.45, 2.75) is 31.9 Å². The third-order valence-electron chi connectivity index (χ3n) is 5.20. The van der Waals surface area contributed by atoms with E-state index >= 15 is 0 Å². The molecule has 0 bridgehead atoms. The minimum absolute atomic E-state index is 0.0152. The average Bonchev–Trinajstić information content (AvgIpc) is 3.32. The van der Waals surface area contributed by atoms with Crippen molar-refractivity contribution in [3.05, 3.63) is 65.4 Å². The second-order valence-electron chi connectivity index (χ2n) is 7.17. The number of aromatic nitrogens is 2. The van der Waals surface area contributed by atoms with Crippen LogP contribution in [0.3, 0.4) is 0 Å². The summed E-state index contributed by atoms with van der Waals surface area (Å²) in [6, 6.07) is 7.81. The number of halogens is 2. The number of ether oxygens (including phenoxy) is 1. The number of hydrogen-bond acceptors (Lipinski definition) is 4. The molecule has 5 nitrogen and oxygen atoms in total. The fraction of sp³-hybridized carbons (Fsp3) is 0.381. The van der Waals surface area contributed by atoms with Gasteiger partial charge >= 0.3 is 0 Å². The van der Waals surface area contributed by atoms with E-state index in [0.29, 0.717) is 18.7 Å². The van der Waals surface area contributed by atoms with Crippen molar-refractivity contribution in [1.82, 2.24) is 15.1 Å². The van der Waals surface area contributed by atoms with Gasteiger partial charge in [-0.1, -0.05) is 6.07 Å². The molecule has 4 rings (SSSR count). The molecule has 148 valence electrons. The molecule has 0 aliphatic carbocycles. The number of aromatic amines is 1. The maximum absolute atomic E-state index is 14.3. The first-order valence-electron chi connectivity index (χ1n) is 9.42. The van der Waals surface area contributed by atoms with E-state index in [1.54, 1.807) is 7.11 Å². The molecule has 0 amide bonds. The van der Waals surface area contributed by atoms with Crippen LogP contribution in [0.1, 0.15) is 36.0 Å². The number of benzene rings is 1. The van der Waals surface area contributed by atoms with Gasteiger partial charge in [0.2, 0.25) is 0 Å². The summed E-state index contributed by atoms with van der Waals surface area (Å²) >= 11 is 0. The number of H-pyrrole nitrogens is 1. The molecule has 28 heavy (non-hydrogen) atoms. The molecule has 1 atom stereocenters. The monoisotopic (exact) mass is 387 g/mol. The first kappa shape index (κ1) is 18.8. The second kappa shape index (κ2) is 8.24. The van der Waals surface area contributed by atoms with Gasteiger partial charge in [-0.2, -0.15) is 5.10 Å². The molecule has 1 aromatic carbocycles. The van der Waals surface area contributed by atoms with Gasteiger partial charge in [0.05, 0.1) is 18.3 Å². The largest absolute Gasteiger partial charge is 0.462 e. The molecule has 0 radical (unpaired) electrons. The van der Waals surface area contributed by atoms with Gasteiger partial charge in [0.15, 0.2) is 0 Å². The zero-order valence-electron chi connectivity index (χ0n) is 15.8. The molecular weight excluding hydrogens is 364 g/mol. The maximum atomic E-state index is 14.3. The summed E-state index contributed by atoms with van der Waals surface area (Å²) in [7, 11) is 1.64. The summed E-state index contributed by atoms with van der Waals surface area (Å²) in [4.78, 5) is 2.30. The summed E-state index contributed by atoms with van der Waals surface area (Å²) in [6.45, 7) is 2.87. The number of nitrogens with one attached hydrogen (secondary N) is 1. The highest BCUT2D eigenvalue weighted by molar-refractivity contribution is 5.67. The Kier molecular flexibility index (Phi) is 5.54. The van der Waals surface area contributed by atoms with Gasteiger partial charge in [0, 0.05) is 30.8 Å². The number of piperidine rings is 1. The predicted molar refractivity (Wildman–Crippen MR) is 101 cm³/mol. The number of furan rings is 1. The van der Waals surface area contributed by atoms with Gasteiger partial charge in [-0.15, -0.1) is 0 Å². The van der Waals surface area contributed by atoms with Gasteiger partial charge in [0.1, 0.15) is 29.8 Å². The Morgan fingerprint density at radius 1 is 1.21 bits per heavy atom. The lowest BCUT2D eigenvalue weighted by molar-refractivity contribution is 0.153. The minimum atomic E-state index is -0.573. The SMILES string of the molecule is COCc1ccc(CN2CCCC(c3[nH]ncc3-c3c(F)cccc3F)C2)o1. The van der Waals surface area contributed by atoms with Crippen LogP contribution in [0.5, 0.6) is 0 Å².